The second kappa shape index (κ2) is 3.57. The van der Waals surface area contributed by atoms with Crippen LogP contribution in [0, 0.1) is 13.8 Å². The van der Waals surface area contributed by atoms with Crippen molar-refractivity contribution >= 4 is 11.6 Å². The number of fused-ring (bicyclic) bond motifs is 2. The number of ketones is 2. The van der Waals surface area contributed by atoms with E-state index in [1.165, 1.54) is 0 Å². The summed E-state index contributed by atoms with van der Waals surface area (Å²) in [5, 5.41) is 0. The Hall–Kier alpha value is -2.36. The van der Waals surface area contributed by atoms with Crippen LogP contribution in [0.25, 0.3) is 0 Å². The second-order valence-corrected chi connectivity index (χ2v) is 4.45. The predicted octanol–water partition coefficient (Wildman–Crippen LogP) is 0.707. The van der Waals surface area contributed by atoms with Crippen molar-refractivity contribution in [2.24, 2.45) is 0 Å². The quantitative estimate of drug-likeness (QED) is 0.581. The Labute approximate surface area is 104 Å². The van der Waals surface area contributed by atoms with E-state index in [1.807, 2.05) is 13.8 Å². The fourth-order valence-electron chi connectivity index (χ4n) is 2.18. The molecule has 0 radical (unpaired) electrons. The van der Waals surface area contributed by atoms with Gasteiger partial charge in [0.15, 0.2) is 0 Å². The summed E-state index contributed by atoms with van der Waals surface area (Å²) in [6.45, 7) is 3.73. The van der Waals surface area contributed by atoms with Crippen LogP contribution in [-0.2, 0) is 0 Å². The maximum absolute atomic E-state index is 12.3. The number of carbonyl (C=O) groups excluding carboxylic acids is 2. The lowest BCUT2D eigenvalue weighted by Crippen LogP contribution is -2.39. The maximum atomic E-state index is 12.3. The maximum Gasteiger partial charge on any atom is 0.328 e. The molecular formula is C14H12N2O2+2. The highest BCUT2D eigenvalue weighted by Crippen LogP contribution is 2.22. The molecule has 0 atom stereocenters. The van der Waals surface area contributed by atoms with Crippen LogP contribution in [0.3, 0.4) is 0 Å². The van der Waals surface area contributed by atoms with Crippen molar-refractivity contribution in [3.05, 3.63) is 58.2 Å². The largest absolute Gasteiger partial charge is 0.328 e. The first-order valence-corrected chi connectivity index (χ1v) is 5.74. The van der Waals surface area contributed by atoms with E-state index < -0.39 is 0 Å². The average Bonchev–Trinajstić information content (AvgIpc) is 2.38. The lowest BCUT2D eigenvalue weighted by atomic mass is 9.89. The van der Waals surface area contributed by atoms with Gasteiger partial charge in [-0.25, -0.2) is 0 Å². The van der Waals surface area contributed by atoms with Crippen LogP contribution in [0.1, 0.15) is 43.5 Å². The van der Waals surface area contributed by atoms with E-state index in [1.54, 1.807) is 24.3 Å². The second-order valence-electron chi connectivity index (χ2n) is 4.45. The zero-order chi connectivity index (χ0) is 12.9. The van der Waals surface area contributed by atoms with Crippen molar-refractivity contribution in [1.82, 2.24) is 0 Å². The van der Waals surface area contributed by atoms with Crippen molar-refractivity contribution < 1.29 is 19.6 Å². The average molecular weight is 240 g/mol. The molecule has 88 valence electrons. The topological polar surface area (TPSA) is 62.4 Å². The molecule has 0 aliphatic heterocycles. The predicted molar refractivity (Wildman–Crippen MR) is 62.3 cm³/mol. The molecule has 1 aromatic heterocycles. The van der Waals surface area contributed by atoms with Gasteiger partial charge in [-0.05, 0) is 0 Å². The van der Waals surface area contributed by atoms with E-state index in [-0.39, 0.29) is 11.6 Å². The highest BCUT2D eigenvalue weighted by molar-refractivity contribution is 6.25. The fourth-order valence-corrected chi connectivity index (χ4v) is 2.18. The van der Waals surface area contributed by atoms with Crippen molar-refractivity contribution in [2.45, 2.75) is 13.8 Å². The number of nitrogens with one attached hydrogen (secondary N) is 2. The van der Waals surface area contributed by atoms with Gasteiger partial charge < -0.3 is 0 Å². The van der Waals surface area contributed by atoms with Crippen LogP contribution < -0.4 is 9.97 Å². The van der Waals surface area contributed by atoms with Crippen LogP contribution >= 0.6 is 0 Å². The first-order chi connectivity index (χ1) is 8.59. The SMILES string of the molecule is Cc1[nH+]c2c([nH+]c1C)C(=O)c1ccccc1C2=O. The van der Waals surface area contributed by atoms with Crippen LogP contribution in [0.4, 0.5) is 0 Å². The Balaban J connectivity index is 2.34. The molecule has 0 saturated carbocycles. The summed E-state index contributed by atoms with van der Waals surface area (Å²) in [5.74, 6) is -0.279. The molecule has 18 heavy (non-hydrogen) atoms. The summed E-state index contributed by atoms with van der Waals surface area (Å²) in [4.78, 5) is 30.7. The molecule has 4 heteroatoms. The fraction of sp³-hybridized carbons (Fsp3) is 0.143. The number of hydrogen-bond acceptors (Lipinski definition) is 2. The van der Waals surface area contributed by atoms with Crippen molar-refractivity contribution in [3.8, 4) is 0 Å². The third-order valence-corrected chi connectivity index (χ3v) is 3.31. The van der Waals surface area contributed by atoms with Gasteiger partial charge in [0.25, 0.3) is 11.6 Å². The molecule has 0 bridgehead atoms. The van der Waals surface area contributed by atoms with E-state index in [9.17, 15) is 9.59 Å². The number of aromatic nitrogens is 2. The van der Waals surface area contributed by atoms with Gasteiger partial charge in [0.2, 0.25) is 11.4 Å². The van der Waals surface area contributed by atoms with E-state index in [0.29, 0.717) is 22.5 Å². The summed E-state index contributed by atoms with van der Waals surface area (Å²) in [6, 6.07) is 6.89. The first kappa shape index (κ1) is 10.8. The van der Waals surface area contributed by atoms with Gasteiger partial charge in [-0.3, -0.25) is 9.59 Å². The highest BCUT2D eigenvalue weighted by atomic mass is 16.1. The van der Waals surface area contributed by atoms with Crippen molar-refractivity contribution in [3.63, 3.8) is 0 Å². The zero-order valence-corrected chi connectivity index (χ0v) is 10.1. The first-order valence-electron chi connectivity index (χ1n) is 5.74. The molecular weight excluding hydrogens is 228 g/mol. The Bertz CT molecular complexity index is 645. The molecule has 0 amide bonds. The monoisotopic (exact) mass is 240 g/mol. The van der Waals surface area contributed by atoms with Crippen molar-refractivity contribution in [2.75, 3.05) is 0 Å². The van der Waals surface area contributed by atoms with Crippen LogP contribution in [0.2, 0.25) is 0 Å². The molecule has 4 nitrogen and oxygen atoms in total. The summed E-state index contributed by atoms with van der Waals surface area (Å²) < 4.78 is 0. The van der Waals surface area contributed by atoms with E-state index >= 15 is 0 Å². The molecule has 0 spiro atoms. The molecule has 2 aromatic rings. The summed E-state index contributed by atoms with van der Waals surface area (Å²) >= 11 is 0. The minimum Gasteiger partial charge on any atom is -0.281 e. The minimum atomic E-state index is -0.139. The third-order valence-electron chi connectivity index (χ3n) is 3.31. The lowest BCUT2D eigenvalue weighted by molar-refractivity contribution is -0.464. The number of aromatic amines is 2. The van der Waals surface area contributed by atoms with Crippen molar-refractivity contribution in [1.29, 1.82) is 0 Å². The van der Waals surface area contributed by atoms with Gasteiger partial charge in [-0.1, -0.05) is 24.3 Å². The molecule has 3 rings (SSSR count). The Morgan fingerprint density at radius 2 is 1.17 bits per heavy atom. The van der Waals surface area contributed by atoms with Gasteiger partial charge in [0, 0.05) is 25.0 Å². The van der Waals surface area contributed by atoms with Gasteiger partial charge in [-0.2, -0.15) is 9.97 Å². The van der Waals surface area contributed by atoms with Gasteiger partial charge in [0.1, 0.15) is 0 Å². The standard InChI is InChI=1S/C14H10N2O2/c1-7-8(2)16-12-11(15-7)13(17)9-5-3-4-6-10(9)14(12)18/h3-6H,1-2H3/p+2. The van der Waals surface area contributed by atoms with Gasteiger partial charge in [0.05, 0.1) is 0 Å². The van der Waals surface area contributed by atoms with Gasteiger partial charge >= 0.3 is 11.4 Å². The smallest absolute Gasteiger partial charge is 0.281 e. The van der Waals surface area contributed by atoms with E-state index in [2.05, 4.69) is 9.97 Å². The van der Waals surface area contributed by atoms with Crippen LogP contribution in [0.15, 0.2) is 24.3 Å². The molecule has 1 heterocycles. The summed E-state index contributed by atoms with van der Waals surface area (Å²) in [5.41, 5.74) is 3.33. The number of aryl methyl sites for hydroxylation is 2. The van der Waals surface area contributed by atoms with Gasteiger partial charge in [-0.15, -0.1) is 0 Å². The Morgan fingerprint density at radius 3 is 1.56 bits per heavy atom. The molecule has 1 aliphatic carbocycles. The Morgan fingerprint density at radius 1 is 0.778 bits per heavy atom. The number of carbonyl (C=O) groups is 2. The number of hydrogen-bond donors (Lipinski definition) is 0. The van der Waals surface area contributed by atoms with Crippen LogP contribution in [-0.4, -0.2) is 11.6 Å². The number of benzene rings is 1. The molecule has 0 fully saturated rings. The molecule has 2 N–H and O–H groups in total. The lowest BCUT2D eigenvalue weighted by Gasteiger charge is -2.09. The molecule has 1 aromatic carbocycles. The molecule has 1 aliphatic rings. The highest BCUT2D eigenvalue weighted by Gasteiger charge is 2.41. The molecule has 0 saturated heterocycles. The minimum absolute atomic E-state index is 0.139. The normalized spacial score (nSPS) is 13.2. The Kier molecular flexibility index (Phi) is 2.13. The summed E-state index contributed by atoms with van der Waals surface area (Å²) in [6.07, 6.45) is 0. The number of H-pyrrole nitrogens is 2. The zero-order valence-electron chi connectivity index (χ0n) is 10.1. The van der Waals surface area contributed by atoms with E-state index in [0.717, 1.165) is 11.4 Å². The third kappa shape index (κ3) is 1.32. The molecule has 0 unspecified atom stereocenters. The van der Waals surface area contributed by atoms with Crippen LogP contribution in [0.5, 0.6) is 0 Å². The number of rotatable bonds is 0. The van der Waals surface area contributed by atoms with E-state index in [4.69, 9.17) is 0 Å². The summed E-state index contributed by atoms with van der Waals surface area (Å²) in [7, 11) is 0.